The zero-order chi connectivity index (χ0) is 13.1. The standard InChI is InChI=1S/C14H22N2O.ClH/c1-14(2,3)11-5-7-12(8-6-11)16(4)13(17)9-10-15;/h5-8H,9-10,15H2,1-4H3;1H. The fourth-order valence-corrected chi connectivity index (χ4v) is 1.62. The maximum Gasteiger partial charge on any atom is 0.227 e. The van der Waals surface area contributed by atoms with Crippen molar-refractivity contribution in [3.8, 4) is 0 Å². The molecule has 0 aliphatic heterocycles. The number of rotatable bonds is 3. The molecule has 0 heterocycles. The number of anilines is 1. The van der Waals surface area contributed by atoms with Crippen LogP contribution in [-0.4, -0.2) is 19.5 Å². The second kappa shape index (κ2) is 6.76. The highest BCUT2D eigenvalue weighted by Crippen LogP contribution is 2.24. The minimum Gasteiger partial charge on any atom is -0.330 e. The molecule has 3 nitrogen and oxygen atoms in total. The Hall–Kier alpha value is -1.06. The van der Waals surface area contributed by atoms with E-state index in [-0.39, 0.29) is 23.7 Å². The van der Waals surface area contributed by atoms with Gasteiger partial charge in [0.25, 0.3) is 0 Å². The molecule has 0 aliphatic carbocycles. The zero-order valence-corrected chi connectivity index (χ0v) is 12.4. The summed E-state index contributed by atoms with van der Waals surface area (Å²) in [5.74, 6) is 0.0519. The smallest absolute Gasteiger partial charge is 0.227 e. The molecule has 102 valence electrons. The quantitative estimate of drug-likeness (QED) is 0.918. The van der Waals surface area contributed by atoms with Crippen molar-refractivity contribution in [2.45, 2.75) is 32.6 Å². The molecule has 1 rings (SSSR count). The normalized spacial score (nSPS) is 10.7. The lowest BCUT2D eigenvalue weighted by Crippen LogP contribution is -2.28. The molecular weight excluding hydrogens is 248 g/mol. The van der Waals surface area contributed by atoms with E-state index in [9.17, 15) is 4.79 Å². The summed E-state index contributed by atoms with van der Waals surface area (Å²) in [5.41, 5.74) is 7.69. The third-order valence-corrected chi connectivity index (χ3v) is 2.85. The molecule has 0 fully saturated rings. The maximum absolute atomic E-state index is 11.7. The lowest BCUT2D eigenvalue weighted by atomic mass is 9.87. The van der Waals surface area contributed by atoms with Crippen LogP contribution in [0.3, 0.4) is 0 Å². The molecule has 1 aromatic rings. The van der Waals surface area contributed by atoms with Crippen LogP contribution in [0.1, 0.15) is 32.8 Å². The number of nitrogens with two attached hydrogens (primary N) is 1. The average Bonchev–Trinajstić information content (AvgIpc) is 2.27. The molecule has 0 atom stereocenters. The van der Waals surface area contributed by atoms with Crippen molar-refractivity contribution >= 4 is 24.0 Å². The molecule has 1 amide bonds. The van der Waals surface area contributed by atoms with Crippen LogP contribution in [0.2, 0.25) is 0 Å². The van der Waals surface area contributed by atoms with Gasteiger partial charge in [-0.1, -0.05) is 32.9 Å². The van der Waals surface area contributed by atoms with Gasteiger partial charge in [-0.3, -0.25) is 4.79 Å². The Balaban J connectivity index is 0.00000289. The van der Waals surface area contributed by atoms with Gasteiger partial charge in [0, 0.05) is 25.7 Å². The molecule has 2 N–H and O–H groups in total. The van der Waals surface area contributed by atoms with Gasteiger partial charge in [-0.2, -0.15) is 0 Å². The van der Waals surface area contributed by atoms with E-state index in [2.05, 4.69) is 32.9 Å². The van der Waals surface area contributed by atoms with Crippen LogP contribution in [0.25, 0.3) is 0 Å². The summed E-state index contributed by atoms with van der Waals surface area (Å²) in [6.45, 7) is 6.91. The molecule has 0 aliphatic rings. The first kappa shape index (κ1) is 16.9. The Kier molecular flexibility index (Phi) is 6.36. The summed E-state index contributed by atoms with van der Waals surface area (Å²) in [7, 11) is 1.78. The van der Waals surface area contributed by atoms with Crippen molar-refractivity contribution < 1.29 is 4.79 Å². The summed E-state index contributed by atoms with van der Waals surface area (Å²) >= 11 is 0. The van der Waals surface area contributed by atoms with E-state index in [1.807, 2.05) is 12.1 Å². The first-order valence-electron chi connectivity index (χ1n) is 5.93. The van der Waals surface area contributed by atoms with Crippen LogP contribution in [0.5, 0.6) is 0 Å². The Bertz CT molecular complexity index is 382. The number of nitrogens with zero attached hydrogens (tertiary/aromatic N) is 1. The van der Waals surface area contributed by atoms with E-state index in [0.717, 1.165) is 5.69 Å². The van der Waals surface area contributed by atoms with Crippen LogP contribution in [0.4, 0.5) is 5.69 Å². The molecule has 0 saturated heterocycles. The van der Waals surface area contributed by atoms with Gasteiger partial charge in [-0.15, -0.1) is 12.4 Å². The van der Waals surface area contributed by atoms with Crippen LogP contribution in [-0.2, 0) is 10.2 Å². The second-order valence-corrected chi connectivity index (χ2v) is 5.29. The van der Waals surface area contributed by atoms with Gasteiger partial charge in [0.1, 0.15) is 0 Å². The van der Waals surface area contributed by atoms with Gasteiger partial charge in [0.2, 0.25) is 5.91 Å². The topological polar surface area (TPSA) is 46.3 Å². The van der Waals surface area contributed by atoms with Crippen LogP contribution >= 0.6 is 12.4 Å². The largest absolute Gasteiger partial charge is 0.330 e. The van der Waals surface area contributed by atoms with E-state index >= 15 is 0 Å². The molecule has 0 unspecified atom stereocenters. The minimum atomic E-state index is 0. The van der Waals surface area contributed by atoms with Crippen molar-refractivity contribution in [1.82, 2.24) is 0 Å². The van der Waals surface area contributed by atoms with Crippen LogP contribution in [0, 0.1) is 0 Å². The van der Waals surface area contributed by atoms with Gasteiger partial charge in [-0.25, -0.2) is 0 Å². The van der Waals surface area contributed by atoms with E-state index in [0.29, 0.717) is 13.0 Å². The Morgan fingerprint density at radius 2 is 1.72 bits per heavy atom. The van der Waals surface area contributed by atoms with Gasteiger partial charge in [-0.05, 0) is 23.1 Å². The summed E-state index contributed by atoms with van der Waals surface area (Å²) in [6.07, 6.45) is 0.386. The van der Waals surface area contributed by atoms with E-state index in [4.69, 9.17) is 5.73 Å². The molecule has 0 saturated carbocycles. The summed E-state index contributed by atoms with van der Waals surface area (Å²) in [4.78, 5) is 13.3. The fraction of sp³-hybridized carbons (Fsp3) is 0.500. The number of amides is 1. The molecule has 1 aromatic carbocycles. The summed E-state index contributed by atoms with van der Waals surface area (Å²) in [6, 6.07) is 8.10. The Morgan fingerprint density at radius 1 is 1.22 bits per heavy atom. The number of carbonyl (C=O) groups excluding carboxylic acids is 1. The third-order valence-electron chi connectivity index (χ3n) is 2.85. The highest BCUT2D eigenvalue weighted by atomic mass is 35.5. The first-order chi connectivity index (χ1) is 7.86. The Morgan fingerprint density at radius 3 is 2.11 bits per heavy atom. The maximum atomic E-state index is 11.7. The average molecular weight is 271 g/mol. The van der Waals surface area contributed by atoms with Crippen LogP contribution in [0.15, 0.2) is 24.3 Å². The van der Waals surface area contributed by atoms with Crippen molar-refractivity contribution in [2.24, 2.45) is 5.73 Å². The number of halogens is 1. The summed E-state index contributed by atoms with van der Waals surface area (Å²) < 4.78 is 0. The third kappa shape index (κ3) is 4.31. The predicted molar refractivity (Wildman–Crippen MR) is 79.5 cm³/mol. The van der Waals surface area contributed by atoms with Crippen molar-refractivity contribution in [3.05, 3.63) is 29.8 Å². The van der Waals surface area contributed by atoms with Gasteiger partial charge >= 0.3 is 0 Å². The molecule has 18 heavy (non-hydrogen) atoms. The number of hydrogen-bond donors (Lipinski definition) is 1. The number of benzene rings is 1. The fourth-order valence-electron chi connectivity index (χ4n) is 1.62. The lowest BCUT2D eigenvalue weighted by molar-refractivity contribution is -0.118. The Labute approximate surface area is 116 Å². The first-order valence-corrected chi connectivity index (χ1v) is 5.93. The van der Waals surface area contributed by atoms with Gasteiger partial charge in [0.05, 0.1) is 0 Å². The predicted octanol–water partition coefficient (Wildman–Crippen LogP) is 2.72. The molecule has 0 spiro atoms. The van der Waals surface area contributed by atoms with Crippen molar-refractivity contribution in [1.29, 1.82) is 0 Å². The molecule has 0 aromatic heterocycles. The SMILES string of the molecule is CN(C(=O)CCN)c1ccc(C(C)(C)C)cc1.Cl. The summed E-state index contributed by atoms with van der Waals surface area (Å²) in [5, 5.41) is 0. The number of hydrogen-bond acceptors (Lipinski definition) is 2. The highest BCUT2D eigenvalue weighted by molar-refractivity contribution is 5.92. The zero-order valence-electron chi connectivity index (χ0n) is 11.6. The van der Waals surface area contributed by atoms with E-state index in [1.54, 1.807) is 11.9 Å². The van der Waals surface area contributed by atoms with Crippen molar-refractivity contribution in [3.63, 3.8) is 0 Å². The second-order valence-electron chi connectivity index (χ2n) is 5.29. The van der Waals surface area contributed by atoms with Crippen LogP contribution < -0.4 is 10.6 Å². The monoisotopic (exact) mass is 270 g/mol. The van der Waals surface area contributed by atoms with E-state index < -0.39 is 0 Å². The molecule has 0 bridgehead atoms. The minimum absolute atomic E-state index is 0. The molecule has 0 radical (unpaired) electrons. The van der Waals surface area contributed by atoms with E-state index in [1.165, 1.54) is 5.56 Å². The van der Waals surface area contributed by atoms with Crippen molar-refractivity contribution in [2.75, 3.05) is 18.5 Å². The highest BCUT2D eigenvalue weighted by Gasteiger charge is 2.14. The van der Waals surface area contributed by atoms with Gasteiger partial charge < -0.3 is 10.6 Å². The van der Waals surface area contributed by atoms with Gasteiger partial charge in [0.15, 0.2) is 0 Å². The molecule has 4 heteroatoms. The molecular formula is C14H23ClN2O. The lowest BCUT2D eigenvalue weighted by Gasteiger charge is -2.21. The number of carbonyl (C=O) groups is 1.